The molecule has 1 atom stereocenters. The minimum atomic E-state index is -0.848. The summed E-state index contributed by atoms with van der Waals surface area (Å²) >= 11 is 5.93. The smallest absolute Gasteiger partial charge is 0.328 e. The molecule has 0 unspecified atom stereocenters. The third kappa shape index (κ3) is 7.59. The van der Waals surface area contributed by atoms with E-state index in [2.05, 4.69) is 5.32 Å². The maximum atomic E-state index is 12.5. The van der Waals surface area contributed by atoms with Crippen LogP contribution in [0.3, 0.4) is 0 Å². The van der Waals surface area contributed by atoms with E-state index in [0.29, 0.717) is 28.9 Å². The van der Waals surface area contributed by atoms with Crippen LogP contribution in [0.5, 0.6) is 5.75 Å². The highest BCUT2D eigenvalue weighted by Crippen LogP contribution is 2.24. The fourth-order valence-electron chi connectivity index (χ4n) is 3.62. The van der Waals surface area contributed by atoms with Crippen LogP contribution in [-0.2, 0) is 27.4 Å². The standard InChI is InChI=1S/C30H26ClNO5/c1-35-30(34)27(19-21-7-13-25(14-8-21)36-20-22-5-3-2-4-6-22)32-29(33)18-16-26-15-17-28(37-26)23-9-11-24(31)12-10-23/h2-18,27H,19-20H2,1H3,(H,32,33)/b18-16+/t27-/m0/s1. The van der Waals surface area contributed by atoms with E-state index in [0.717, 1.165) is 16.7 Å². The molecule has 7 heteroatoms. The van der Waals surface area contributed by atoms with Crippen molar-refractivity contribution in [3.63, 3.8) is 0 Å². The van der Waals surface area contributed by atoms with E-state index in [1.807, 2.05) is 72.8 Å². The molecule has 0 fully saturated rings. The molecule has 1 aromatic heterocycles. The van der Waals surface area contributed by atoms with Crippen LogP contribution in [-0.4, -0.2) is 25.0 Å². The average Bonchev–Trinajstić information content (AvgIpc) is 3.41. The highest BCUT2D eigenvalue weighted by molar-refractivity contribution is 6.30. The summed E-state index contributed by atoms with van der Waals surface area (Å²) in [5.41, 5.74) is 2.80. The van der Waals surface area contributed by atoms with Crippen molar-refractivity contribution in [1.82, 2.24) is 5.32 Å². The van der Waals surface area contributed by atoms with Crippen molar-refractivity contribution in [1.29, 1.82) is 0 Å². The first-order valence-corrected chi connectivity index (χ1v) is 12.1. The molecule has 0 aliphatic heterocycles. The number of halogens is 1. The highest BCUT2D eigenvalue weighted by Gasteiger charge is 2.21. The highest BCUT2D eigenvalue weighted by atomic mass is 35.5. The Labute approximate surface area is 220 Å². The number of carbonyl (C=O) groups excluding carboxylic acids is 2. The van der Waals surface area contributed by atoms with Gasteiger partial charge in [0.15, 0.2) is 0 Å². The largest absolute Gasteiger partial charge is 0.489 e. The van der Waals surface area contributed by atoms with Crippen LogP contribution < -0.4 is 10.1 Å². The Hall–Kier alpha value is -4.29. The number of ether oxygens (including phenoxy) is 2. The SMILES string of the molecule is COC(=O)[C@H](Cc1ccc(OCc2ccccc2)cc1)NC(=O)/C=C/c1ccc(-c2ccc(Cl)cc2)o1. The van der Waals surface area contributed by atoms with E-state index in [1.54, 1.807) is 24.3 Å². The molecule has 4 rings (SSSR count). The summed E-state index contributed by atoms with van der Waals surface area (Å²) in [6, 6.07) is 27.3. The summed E-state index contributed by atoms with van der Waals surface area (Å²) in [6.07, 6.45) is 3.13. The Morgan fingerprint density at radius 1 is 0.919 bits per heavy atom. The summed E-state index contributed by atoms with van der Waals surface area (Å²) in [4.78, 5) is 24.9. The van der Waals surface area contributed by atoms with Gasteiger partial charge >= 0.3 is 5.97 Å². The fourth-order valence-corrected chi connectivity index (χ4v) is 3.75. The van der Waals surface area contributed by atoms with Crippen LogP contribution in [0.2, 0.25) is 5.02 Å². The topological polar surface area (TPSA) is 77.8 Å². The average molecular weight is 516 g/mol. The van der Waals surface area contributed by atoms with E-state index in [1.165, 1.54) is 13.2 Å². The molecule has 0 radical (unpaired) electrons. The molecule has 1 heterocycles. The lowest BCUT2D eigenvalue weighted by Crippen LogP contribution is -2.42. The molecule has 4 aromatic rings. The van der Waals surface area contributed by atoms with Crippen molar-refractivity contribution in [3.8, 4) is 17.1 Å². The van der Waals surface area contributed by atoms with Crippen LogP contribution in [0.1, 0.15) is 16.9 Å². The van der Waals surface area contributed by atoms with Gasteiger partial charge in [0.2, 0.25) is 5.91 Å². The molecule has 0 aliphatic rings. The minimum absolute atomic E-state index is 0.271. The Kier molecular flexibility index (Phi) is 8.79. The van der Waals surface area contributed by atoms with Gasteiger partial charge in [-0.2, -0.15) is 0 Å². The van der Waals surface area contributed by atoms with Gasteiger partial charge in [-0.25, -0.2) is 4.79 Å². The second kappa shape index (κ2) is 12.6. The van der Waals surface area contributed by atoms with Gasteiger partial charge in [0.05, 0.1) is 7.11 Å². The monoisotopic (exact) mass is 515 g/mol. The maximum Gasteiger partial charge on any atom is 0.328 e. The van der Waals surface area contributed by atoms with Gasteiger partial charge < -0.3 is 19.2 Å². The first-order chi connectivity index (χ1) is 18.0. The minimum Gasteiger partial charge on any atom is -0.489 e. The predicted molar refractivity (Wildman–Crippen MR) is 143 cm³/mol. The van der Waals surface area contributed by atoms with E-state index in [9.17, 15) is 9.59 Å². The Morgan fingerprint density at radius 2 is 1.65 bits per heavy atom. The lowest BCUT2D eigenvalue weighted by Gasteiger charge is -2.16. The van der Waals surface area contributed by atoms with Crippen LogP contribution in [0.4, 0.5) is 0 Å². The van der Waals surface area contributed by atoms with Crippen molar-refractivity contribution in [2.45, 2.75) is 19.1 Å². The first kappa shape index (κ1) is 25.8. The Bertz CT molecular complexity index is 1350. The molecule has 0 aliphatic carbocycles. The molecule has 0 spiro atoms. The van der Waals surface area contributed by atoms with E-state index >= 15 is 0 Å². The number of rotatable bonds is 10. The molecule has 37 heavy (non-hydrogen) atoms. The zero-order valence-corrected chi connectivity index (χ0v) is 21.0. The van der Waals surface area contributed by atoms with Gasteiger partial charge in [-0.15, -0.1) is 0 Å². The van der Waals surface area contributed by atoms with E-state index in [-0.39, 0.29) is 6.42 Å². The molecule has 188 valence electrons. The molecule has 0 saturated heterocycles. The second-order valence-corrected chi connectivity index (χ2v) is 8.69. The lowest BCUT2D eigenvalue weighted by molar-refractivity contribution is -0.144. The van der Waals surface area contributed by atoms with Crippen molar-refractivity contribution in [2.75, 3.05) is 7.11 Å². The summed E-state index contributed by atoms with van der Waals surface area (Å²) < 4.78 is 16.5. The zero-order chi connectivity index (χ0) is 26.0. The van der Waals surface area contributed by atoms with E-state index < -0.39 is 17.9 Å². The molecule has 1 N–H and O–H groups in total. The number of benzene rings is 3. The molecule has 1 amide bonds. The number of methoxy groups -OCH3 is 1. The summed E-state index contributed by atoms with van der Waals surface area (Å²) in [5.74, 6) is 0.892. The predicted octanol–water partition coefficient (Wildman–Crippen LogP) is 6.09. The van der Waals surface area contributed by atoms with Gasteiger partial charge in [-0.1, -0.05) is 54.1 Å². The Balaban J connectivity index is 1.34. The quantitative estimate of drug-likeness (QED) is 0.204. The van der Waals surface area contributed by atoms with Crippen molar-refractivity contribution < 1.29 is 23.5 Å². The number of furan rings is 1. The third-order valence-corrected chi connectivity index (χ3v) is 5.82. The summed E-state index contributed by atoms with van der Waals surface area (Å²) in [6.45, 7) is 0.463. The first-order valence-electron chi connectivity index (χ1n) is 11.7. The molecular weight excluding hydrogens is 490 g/mol. The van der Waals surface area contributed by atoms with Gasteiger partial charge in [0, 0.05) is 23.1 Å². The molecule has 3 aromatic carbocycles. The van der Waals surface area contributed by atoms with Crippen molar-refractivity contribution in [3.05, 3.63) is 119 Å². The number of amides is 1. The van der Waals surface area contributed by atoms with E-state index in [4.69, 9.17) is 25.5 Å². The summed E-state index contributed by atoms with van der Waals surface area (Å²) in [7, 11) is 1.29. The number of hydrogen-bond acceptors (Lipinski definition) is 5. The van der Waals surface area contributed by atoms with Gasteiger partial charge in [0.25, 0.3) is 0 Å². The number of esters is 1. The lowest BCUT2D eigenvalue weighted by atomic mass is 10.1. The van der Waals surface area contributed by atoms with Crippen LogP contribution in [0.15, 0.2) is 101 Å². The zero-order valence-electron chi connectivity index (χ0n) is 20.2. The normalized spacial score (nSPS) is 11.7. The van der Waals surface area contributed by atoms with Gasteiger partial charge in [-0.3, -0.25) is 4.79 Å². The molecular formula is C30H26ClNO5. The van der Waals surface area contributed by atoms with Gasteiger partial charge in [0.1, 0.15) is 29.9 Å². The van der Waals surface area contributed by atoms with Crippen LogP contribution >= 0.6 is 11.6 Å². The molecule has 0 saturated carbocycles. The molecule has 6 nitrogen and oxygen atoms in total. The van der Waals surface area contributed by atoms with Crippen molar-refractivity contribution in [2.24, 2.45) is 0 Å². The third-order valence-electron chi connectivity index (χ3n) is 5.57. The summed E-state index contributed by atoms with van der Waals surface area (Å²) in [5, 5.41) is 3.34. The van der Waals surface area contributed by atoms with Crippen molar-refractivity contribution >= 4 is 29.6 Å². The van der Waals surface area contributed by atoms with Crippen LogP contribution in [0.25, 0.3) is 17.4 Å². The number of nitrogens with one attached hydrogen (secondary N) is 1. The number of carbonyl (C=O) groups is 2. The number of hydrogen-bond donors (Lipinski definition) is 1. The maximum absolute atomic E-state index is 12.5. The fraction of sp³-hybridized carbons (Fsp3) is 0.133. The van der Waals surface area contributed by atoms with Gasteiger partial charge in [-0.05, 0) is 65.7 Å². The second-order valence-electron chi connectivity index (χ2n) is 8.25. The Morgan fingerprint density at radius 3 is 2.35 bits per heavy atom. The molecule has 0 bridgehead atoms. The van der Waals surface area contributed by atoms with Crippen LogP contribution in [0, 0.1) is 0 Å².